The van der Waals surface area contributed by atoms with Crippen LogP contribution in [0.2, 0.25) is 0 Å². The third-order valence-corrected chi connectivity index (χ3v) is 2.61. The van der Waals surface area contributed by atoms with Crippen molar-refractivity contribution in [3.8, 4) is 0 Å². The molecule has 0 amide bonds. The highest BCUT2D eigenvalue weighted by atomic mass is 14.2. The largest absolute Gasteiger partial charge is 0.130 e. The van der Waals surface area contributed by atoms with Crippen molar-refractivity contribution in [3.63, 3.8) is 0 Å². The van der Waals surface area contributed by atoms with E-state index in [0.717, 1.165) is 5.92 Å². The van der Waals surface area contributed by atoms with Crippen LogP contribution in [0.3, 0.4) is 0 Å². The molecule has 0 rings (SSSR count). The van der Waals surface area contributed by atoms with Gasteiger partial charge in [-0.2, -0.15) is 0 Å². The summed E-state index contributed by atoms with van der Waals surface area (Å²) in [6.45, 7) is 12.6. The van der Waals surface area contributed by atoms with Crippen LogP contribution in [0.25, 0.3) is 0 Å². The van der Waals surface area contributed by atoms with E-state index < -0.39 is 0 Å². The van der Waals surface area contributed by atoms with Crippen molar-refractivity contribution in [2.75, 3.05) is 0 Å². The zero-order valence-electron chi connectivity index (χ0n) is 8.28. The van der Waals surface area contributed by atoms with Gasteiger partial charge in [0.05, 0.1) is 0 Å². The molecule has 0 fully saturated rings. The van der Waals surface area contributed by atoms with Gasteiger partial charge in [-0.05, 0) is 30.8 Å². The van der Waals surface area contributed by atoms with Gasteiger partial charge in [-0.3, -0.25) is 0 Å². The lowest BCUT2D eigenvalue weighted by molar-refractivity contribution is 0.388. The molecule has 0 aromatic heterocycles. The number of hydrogen-bond donors (Lipinski definition) is 0. The number of hydrogen-bond acceptors (Lipinski definition) is 0. The van der Waals surface area contributed by atoms with Gasteiger partial charge in [0.15, 0.2) is 0 Å². The van der Waals surface area contributed by atoms with Gasteiger partial charge in [0.2, 0.25) is 0 Å². The summed E-state index contributed by atoms with van der Waals surface area (Å²) in [6, 6.07) is 0. The van der Waals surface area contributed by atoms with Crippen LogP contribution in [-0.4, -0.2) is 0 Å². The second-order valence-corrected chi connectivity index (χ2v) is 3.26. The summed E-state index contributed by atoms with van der Waals surface area (Å²) in [7, 11) is 0. The van der Waals surface area contributed by atoms with Gasteiger partial charge in [0.1, 0.15) is 0 Å². The molecule has 0 N–H and O–H groups in total. The molecule has 2 unspecified atom stereocenters. The Kier molecular flexibility index (Phi) is 4.98. The first kappa shape index (κ1) is 10.5. The van der Waals surface area contributed by atoms with Crippen molar-refractivity contribution in [2.24, 2.45) is 11.8 Å². The van der Waals surface area contributed by atoms with Gasteiger partial charge in [0.25, 0.3) is 0 Å². The molecule has 0 aliphatic heterocycles. The van der Waals surface area contributed by atoms with Crippen LogP contribution in [0, 0.1) is 11.8 Å². The Hall–Kier alpha value is -0.480. The fourth-order valence-corrected chi connectivity index (χ4v) is 1.55. The van der Waals surface area contributed by atoms with Gasteiger partial charge in [-0.15, -0.1) is 5.73 Å². The molecule has 0 spiro atoms. The lowest BCUT2D eigenvalue weighted by Gasteiger charge is -2.20. The van der Waals surface area contributed by atoms with E-state index >= 15 is 0 Å². The summed E-state index contributed by atoms with van der Waals surface area (Å²) in [4.78, 5) is 0. The zero-order chi connectivity index (χ0) is 8.85. The maximum Gasteiger partial charge on any atom is -0.0107 e. The Morgan fingerprint density at radius 1 is 1.36 bits per heavy atom. The minimum atomic E-state index is 0.692. The Bertz CT molecular complexity index is 149. The normalized spacial score (nSPS) is 15.3. The minimum absolute atomic E-state index is 0.692. The maximum atomic E-state index is 3.68. The quantitative estimate of drug-likeness (QED) is 0.538. The highest BCUT2D eigenvalue weighted by Gasteiger charge is 2.14. The first-order valence-corrected chi connectivity index (χ1v) is 4.53. The minimum Gasteiger partial charge on any atom is -0.130 e. The van der Waals surface area contributed by atoms with Gasteiger partial charge in [0, 0.05) is 0 Å². The van der Waals surface area contributed by atoms with Gasteiger partial charge in [-0.25, -0.2) is 0 Å². The van der Waals surface area contributed by atoms with Gasteiger partial charge < -0.3 is 0 Å². The molecule has 0 nitrogen and oxygen atoms in total. The molecule has 0 saturated heterocycles. The summed E-state index contributed by atoms with van der Waals surface area (Å²) in [5.41, 5.74) is 4.32. The molecular formula is C11H20. The first-order valence-electron chi connectivity index (χ1n) is 4.53. The molecule has 0 heteroatoms. The van der Waals surface area contributed by atoms with E-state index in [1.54, 1.807) is 0 Å². The van der Waals surface area contributed by atoms with Crippen LogP contribution in [0.1, 0.15) is 40.5 Å². The molecular weight excluding hydrogens is 132 g/mol. The third kappa shape index (κ3) is 2.95. The van der Waals surface area contributed by atoms with Crippen molar-refractivity contribution in [1.29, 1.82) is 0 Å². The number of allylic oxidation sites excluding steroid dienone is 1. The van der Waals surface area contributed by atoms with Crippen LogP contribution < -0.4 is 0 Å². The van der Waals surface area contributed by atoms with E-state index in [1.807, 2.05) is 0 Å². The predicted molar refractivity (Wildman–Crippen MR) is 51.6 cm³/mol. The summed E-state index contributed by atoms with van der Waals surface area (Å²) in [5.74, 6) is 1.46. The fraction of sp³-hybridized carbons (Fsp3) is 0.727. The van der Waals surface area contributed by atoms with Crippen molar-refractivity contribution in [2.45, 2.75) is 40.5 Å². The molecule has 0 bridgehead atoms. The molecule has 0 heterocycles. The predicted octanol–water partition coefficient (Wildman–Crippen LogP) is 3.79. The topological polar surface area (TPSA) is 0 Å². The molecule has 0 saturated carbocycles. The van der Waals surface area contributed by atoms with E-state index in [4.69, 9.17) is 0 Å². The van der Waals surface area contributed by atoms with E-state index in [0.29, 0.717) is 5.92 Å². The highest BCUT2D eigenvalue weighted by molar-refractivity contribution is 5.01. The van der Waals surface area contributed by atoms with Crippen LogP contribution in [0.4, 0.5) is 0 Å². The molecule has 0 aliphatic carbocycles. The summed E-state index contributed by atoms with van der Waals surface area (Å²) < 4.78 is 0. The van der Waals surface area contributed by atoms with E-state index in [2.05, 4.69) is 40.0 Å². The fourth-order valence-electron chi connectivity index (χ4n) is 1.55. The Labute approximate surface area is 71.0 Å². The van der Waals surface area contributed by atoms with Crippen molar-refractivity contribution in [1.82, 2.24) is 0 Å². The standard InChI is InChI=1S/C11H20/c1-6-9(4)11(8-3)10(5)7-2/h10-11H,1,7-8H2,2-5H3. The summed E-state index contributed by atoms with van der Waals surface area (Å²) in [6.07, 6.45) is 2.46. The first-order chi connectivity index (χ1) is 5.17. The third-order valence-electron chi connectivity index (χ3n) is 2.61. The average molecular weight is 152 g/mol. The lowest BCUT2D eigenvalue weighted by Crippen LogP contribution is -2.10. The Balaban J connectivity index is 4.27. The van der Waals surface area contributed by atoms with Crippen LogP contribution in [-0.2, 0) is 0 Å². The molecule has 11 heavy (non-hydrogen) atoms. The maximum absolute atomic E-state index is 3.68. The Morgan fingerprint density at radius 2 is 1.91 bits per heavy atom. The van der Waals surface area contributed by atoms with E-state index in [1.165, 1.54) is 18.4 Å². The molecule has 0 aromatic carbocycles. The van der Waals surface area contributed by atoms with Gasteiger partial charge in [-0.1, -0.05) is 33.8 Å². The summed E-state index contributed by atoms with van der Waals surface area (Å²) >= 11 is 0. The molecule has 0 aromatic rings. The summed E-state index contributed by atoms with van der Waals surface area (Å²) in [5, 5.41) is 0. The van der Waals surface area contributed by atoms with E-state index in [9.17, 15) is 0 Å². The molecule has 64 valence electrons. The van der Waals surface area contributed by atoms with Crippen LogP contribution in [0.15, 0.2) is 17.9 Å². The Morgan fingerprint density at radius 3 is 2.18 bits per heavy atom. The monoisotopic (exact) mass is 152 g/mol. The van der Waals surface area contributed by atoms with E-state index in [-0.39, 0.29) is 0 Å². The molecule has 0 aliphatic rings. The lowest BCUT2D eigenvalue weighted by atomic mass is 9.84. The second kappa shape index (κ2) is 5.21. The second-order valence-electron chi connectivity index (χ2n) is 3.26. The van der Waals surface area contributed by atoms with Crippen molar-refractivity contribution < 1.29 is 0 Å². The smallest absolute Gasteiger partial charge is 0.0107 e. The molecule has 0 radical (unpaired) electrons. The van der Waals surface area contributed by atoms with Crippen molar-refractivity contribution in [3.05, 3.63) is 17.9 Å². The number of rotatable bonds is 4. The highest BCUT2D eigenvalue weighted by Crippen LogP contribution is 2.25. The van der Waals surface area contributed by atoms with Crippen LogP contribution >= 0.6 is 0 Å². The van der Waals surface area contributed by atoms with Crippen LogP contribution in [0.5, 0.6) is 0 Å². The zero-order valence-corrected chi connectivity index (χ0v) is 8.28. The van der Waals surface area contributed by atoms with Gasteiger partial charge >= 0.3 is 0 Å². The average Bonchev–Trinajstić information content (AvgIpc) is 2.05. The molecule has 2 atom stereocenters. The SMILES string of the molecule is C=C=C(C)C(CC)C(C)CC. The van der Waals surface area contributed by atoms with Crippen molar-refractivity contribution >= 4 is 0 Å².